The van der Waals surface area contributed by atoms with Gasteiger partial charge in [-0.2, -0.15) is 5.26 Å². The minimum atomic E-state index is -0.545. The highest BCUT2D eigenvalue weighted by atomic mass is 32.2. The molecule has 1 heterocycles. The number of imidazole rings is 1. The molecule has 2 rings (SSSR count). The van der Waals surface area contributed by atoms with Crippen LogP contribution in [-0.4, -0.2) is 21.3 Å². The summed E-state index contributed by atoms with van der Waals surface area (Å²) in [6, 6.07) is 1.59. The molecule has 6 nitrogen and oxygen atoms in total. The summed E-state index contributed by atoms with van der Waals surface area (Å²) >= 11 is 1.69. The first kappa shape index (κ1) is 17.4. The maximum absolute atomic E-state index is 11.0. The Hall–Kier alpha value is -1.94. The summed E-state index contributed by atoms with van der Waals surface area (Å²) in [7, 11) is 0. The van der Waals surface area contributed by atoms with Gasteiger partial charge in [0.2, 0.25) is 0 Å². The zero-order valence-electron chi connectivity index (χ0n) is 13.8. The van der Waals surface area contributed by atoms with E-state index in [0.717, 1.165) is 47.3 Å². The van der Waals surface area contributed by atoms with Gasteiger partial charge in [0.05, 0.1) is 23.3 Å². The molecule has 1 aliphatic rings. The van der Waals surface area contributed by atoms with Crippen molar-refractivity contribution in [2.45, 2.75) is 57.1 Å². The SMILES string of the molecule is CCn1c(CNC(N)=O)nc(C2(C)CC2)c1SC/C=C(\C)C#N. The van der Waals surface area contributed by atoms with Crippen LogP contribution in [0, 0.1) is 11.3 Å². The fourth-order valence-corrected chi connectivity index (χ4v) is 3.67. The van der Waals surface area contributed by atoms with Crippen LogP contribution in [0.25, 0.3) is 0 Å². The molecule has 1 aromatic rings. The molecule has 3 N–H and O–H groups in total. The quantitative estimate of drug-likeness (QED) is 0.592. The summed E-state index contributed by atoms with van der Waals surface area (Å²) < 4.78 is 2.13. The molecular formula is C16H23N5OS. The largest absolute Gasteiger partial charge is 0.352 e. The molecule has 0 aliphatic heterocycles. The number of nitriles is 1. The summed E-state index contributed by atoms with van der Waals surface area (Å²) in [5.41, 5.74) is 7.13. The maximum Gasteiger partial charge on any atom is 0.312 e. The molecule has 0 aromatic carbocycles. The highest BCUT2D eigenvalue weighted by molar-refractivity contribution is 7.99. The van der Waals surface area contributed by atoms with Crippen molar-refractivity contribution < 1.29 is 4.79 Å². The van der Waals surface area contributed by atoms with Gasteiger partial charge in [0.1, 0.15) is 5.82 Å². The summed E-state index contributed by atoms with van der Waals surface area (Å²) in [5, 5.41) is 12.6. The molecule has 1 aromatic heterocycles. The monoisotopic (exact) mass is 333 g/mol. The second-order valence-electron chi connectivity index (χ2n) is 6.01. The molecule has 1 fully saturated rings. The molecule has 124 valence electrons. The van der Waals surface area contributed by atoms with Gasteiger partial charge >= 0.3 is 6.03 Å². The third-order valence-electron chi connectivity index (χ3n) is 4.09. The number of carbonyl (C=O) groups excluding carboxylic acids is 1. The van der Waals surface area contributed by atoms with Crippen LogP contribution in [-0.2, 0) is 18.5 Å². The van der Waals surface area contributed by atoms with Crippen molar-refractivity contribution in [2.24, 2.45) is 5.73 Å². The maximum atomic E-state index is 11.0. The van der Waals surface area contributed by atoms with Crippen LogP contribution in [0.5, 0.6) is 0 Å². The number of rotatable bonds is 7. The number of amides is 2. The molecule has 0 saturated heterocycles. The van der Waals surface area contributed by atoms with Gasteiger partial charge in [0.25, 0.3) is 0 Å². The minimum Gasteiger partial charge on any atom is -0.352 e. The third kappa shape index (κ3) is 4.08. The lowest BCUT2D eigenvalue weighted by atomic mass is 10.1. The zero-order chi connectivity index (χ0) is 17.0. The molecule has 0 radical (unpaired) electrons. The van der Waals surface area contributed by atoms with Crippen molar-refractivity contribution in [1.82, 2.24) is 14.9 Å². The Balaban J connectivity index is 2.29. The Morgan fingerprint density at radius 1 is 1.61 bits per heavy atom. The number of hydrogen-bond donors (Lipinski definition) is 2. The number of nitrogens with two attached hydrogens (primary N) is 1. The lowest BCUT2D eigenvalue weighted by Crippen LogP contribution is -2.29. The van der Waals surface area contributed by atoms with Crippen LogP contribution in [0.1, 0.15) is 45.1 Å². The van der Waals surface area contributed by atoms with Crippen LogP contribution < -0.4 is 11.1 Å². The van der Waals surface area contributed by atoms with Crippen LogP contribution in [0.4, 0.5) is 4.79 Å². The van der Waals surface area contributed by atoms with Crippen molar-refractivity contribution in [3.05, 3.63) is 23.2 Å². The van der Waals surface area contributed by atoms with Gasteiger partial charge in [-0.1, -0.05) is 13.0 Å². The van der Waals surface area contributed by atoms with Crippen LogP contribution in [0.3, 0.4) is 0 Å². The van der Waals surface area contributed by atoms with Gasteiger partial charge in [0, 0.05) is 23.3 Å². The molecule has 0 bridgehead atoms. The van der Waals surface area contributed by atoms with E-state index in [2.05, 4.69) is 29.8 Å². The first-order chi connectivity index (χ1) is 10.9. The Kier molecular flexibility index (Phi) is 5.37. The van der Waals surface area contributed by atoms with E-state index in [0.29, 0.717) is 6.54 Å². The first-order valence-electron chi connectivity index (χ1n) is 7.74. The Morgan fingerprint density at radius 2 is 2.30 bits per heavy atom. The van der Waals surface area contributed by atoms with Gasteiger partial charge in [-0.3, -0.25) is 0 Å². The van der Waals surface area contributed by atoms with E-state index < -0.39 is 6.03 Å². The second kappa shape index (κ2) is 7.09. The van der Waals surface area contributed by atoms with E-state index in [1.54, 1.807) is 11.8 Å². The lowest BCUT2D eigenvalue weighted by molar-refractivity contribution is 0.248. The van der Waals surface area contributed by atoms with E-state index in [1.807, 2.05) is 13.0 Å². The summed E-state index contributed by atoms with van der Waals surface area (Å²) in [6.45, 7) is 7.21. The van der Waals surface area contributed by atoms with E-state index in [-0.39, 0.29) is 5.41 Å². The average molecular weight is 333 g/mol. The molecule has 7 heteroatoms. The highest BCUT2D eigenvalue weighted by Crippen LogP contribution is 2.50. The van der Waals surface area contributed by atoms with Gasteiger partial charge in [-0.15, -0.1) is 11.8 Å². The standard InChI is InChI=1S/C16H23N5OS/c1-4-21-12(10-19-15(18)22)20-13(16(3)6-7-16)14(21)23-8-5-11(2)9-17/h5H,4,6-8,10H2,1-3H3,(H3,18,19,22)/b11-5+. The van der Waals surface area contributed by atoms with Crippen molar-refractivity contribution in [1.29, 1.82) is 5.26 Å². The molecule has 1 aliphatic carbocycles. The summed E-state index contributed by atoms with van der Waals surface area (Å²) in [4.78, 5) is 15.8. The molecule has 1 saturated carbocycles. The Labute approximate surface area is 141 Å². The predicted octanol–water partition coefficient (Wildman–Crippen LogP) is 2.68. The van der Waals surface area contributed by atoms with Crippen LogP contribution in [0.2, 0.25) is 0 Å². The van der Waals surface area contributed by atoms with Crippen LogP contribution in [0.15, 0.2) is 16.7 Å². The molecule has 0 unspecified atom stereocenters. The topological polar surface area (TPSA) is 96.7 Å². The van der Waals surface area contributed by atoms with Gasteiger partial charge in [-0.05, 0) is 26.7 Å². The van der Waals surface area contributed by atoms with E-state index in [4.69, 9.17) is 16.0 Å². The third-order valence-corrected chi connectivity index (χ3v) is 5.12. The van der Waals surface area contributed by atoms with Gasteiger partial charge < -0.3 is 15.6 Å². The van der Waals surface area contributed by atoms with Crippen LogP contribution >= 0.6 is 11.8 Å². The first-order valence-corrected chi connectivity index (χ1v) is 8.72. The number of aromatic nitrogens is 2. The number of urea groups is 1. The highest BCUT2D eigenvalue weighted by Gasteiger charge is 2.44. The van der Waals surface area contributed by atoms with Crippen molar-refractivity contribution in [2.75, 3.05) is 5.75 Å². The summed E-state index contributed by atoms with van der Waals surface area (Å²) in [6.07, 6.45) is 4.20. The minimum absolute atomic E-state index is 0.137. The Morgan fingerprint density at radius 3 is 2.83 bits per heavy atom. The summed E-state index contributed by atoms with van der Waals surface area (Å²) in [5.74, 6) is 1.56. The van der Waals surface area contributed by atoms with E-state index >= 15 is 0 Å². The fraction of sp³-hybridized carbons (Fsp3) is 0.562. The lowest BCUT2D eigenvalue weighted by Gasteiger charge is -2.11. The number of hydrogen-bond acceptors (Lipinski definition) is 4. The molecule has 2 amide bonds. The normalized spacial score (nSPS) is 16.0. The van der Waals surface area contributed by atoms with Crippen molar-refractivity contribution >= 4 is 17.8 Å². The number of nitrogens with zero attached hydrogens (tertiary/aromatic N) is 3. The Bertz CT molecular complexity index is 667. The average Bonchev–Trinajstić information content (AvgIpc) is 3.15. The molecule has 23 heavy (non-hydrogen) atoms. The van der Waals surface area contributed by atoms with Crippen molar-refractivity contribution in [3.63, 3.8) is 0 Å². The number of carbonyl (C=O) groups is 1. The van der Waals surface area contributed by atoms with E-state index in [1.165, 1.54) is 0 Å². The molecule has 0 atom stereocenters. The molecular weight excluding hydrogens is 310 g/mol. The predicted molar refractivity (Wildman–Crippen MR) is 91.0 cm³/mol. The number of nitrogens with one attached hydrogen (secondary N) is 1. The smallest absolute Gasteiger partial charge is 0.312 e. The second-order valence-corrected chi connectivity index (χ2v) is 7.02. The van der Waals surface area contributed by atoms with Gasteiger partial charge in [0.15, 0.2) is 0 Å². The van der Waals surface area contributed by atoms with Crippen molar-refractivity contribution in [3.8, 4) is 6.07 Å². The number of allylic oxidation sites excluding steroid dienone is 1. The zero-order valence-corrected chi connectivity index (χ0v) is 14.7. The van der Waals surface area contributed by atoms with E-state index in [9.17, 15) is 4.79 Å². The number of primary amides is 1. The molecule has 0 spiro atoms. The number of thioether (sulfide) groups is 1. The fourth-order valence-electron chi connectivity index (χ4n) is 2.36. The van der Waals surface area contributed by atoms with Gasteiger partial charge in [-0.25, -0.2) is 9.78 Å².